The zero-order valence-corrected chi connectivity index (χ0v) is 17.4. The van der Waals surface area contributed by atoms with E-state index < -0.39 is 0 Å². The van der Waals surface area contributed by atoms with Crippen LogP contribution in [0.1, 0.15) is 42.1 Å². The molecular formula is C22H28N2O5. The van der Waals surface area contributed by atoms with Crippen LogP contribution in [-0.4, -0.2) is 40.1 Å². The largest absolute Gasteiger partial charge is 0.497 e. The van der Waals surface area contributed by atoms with Gasteiger partial charge in [0.15, 0.2) is 11.5 Å². The fourth-order valence-electron chi connectivity index (χ4n) is 2.63. The zero-order valence-electron chi connectivity index (χ0n) is 17.4. The van der Waals surface area contributed by atoms with E-state index in [1.165, 1.54) is 13.3 Å². The minimum Gasteiger partial charge on any atom is -0.497 e. The first-order valence-electron chi connectivity index (χ1n) is 9.49. The van der Waals surface area contributed by atoms with Gasteiger partial charge in [0.2, 0.25) is 0 Å². The molecule has 0 bridgehead atoms. The van der Waals surface area contributed by atoms with Gasteiger partial charge in [0.25, 0.3) is 5.91 Å². The van der Waals surface area contributed by atoms with Gasteiger partial charge in [-0.2, -0.15) is 5.10 Å². The summed E-state index contributed by atoms with van der Waals surface area (Å²) in [5, 5.41) is 4.02. The molecule has 0 spiro atoms. The van der Waals surface area contributed by atoms with E-state index in [0.29, 0.717) is 35.2 Å². The van der Waals surface area contributed by atoms with E-state index in [4.69, 9.17) is 18.9 Å². The van der Waals surface area contributed by atoms with E-state index in [0.717, 1.165) is 24.8 Å². The second kappa shape index (κ2) is 11.6. The van der Waals surface area contributed by atoms with Gasteiger partial charge in [-0.25, -0.2) is 5.43 Å². The second-order valence-electron chi connectivity index (χ2n) is 6.23. The number of carbonyl (C=O) groups is 1. The van der Waals surface area contributed by atoms with E-state index >= 15 is 0 Å². The Balaban J connectivity index is 2.01. The number of unbranched alkanes of at least 4 members (excludes halogenated alkanes) is 2. The molecule has 0 saturated heterocycles. The summed E-state index contributed by atoms with van der Waals surface area (Å²) in [5.74, 6) is 1.93. The summed E-state index contributed by atoms with van der Waals surface area (Å²) >= 11 is 0. The quantitative estimate of drug-likeness (QED) is 0.350. The summed E-state index contributed by atoms with van der Waals surface area (Å²) < 4.78 is 21.5. The molecule has 2 aromatic carbocycles. The lowest BCUT2D eigenvalue weighted by Crippen LogP contribution is -2.18. The highest BCUT2D eigenvalue weighted by atomic mass is 16.5. The maximum atomic E-state index is 12.4. The molecule has 2 aromatic rings. The Morgan fingerprint density at radius 2 is 1.76 bits per heavy atom. The molecule has 2 rings (SSSR count). The average Bonchev–Trinajstić information content (AvgIpc) is 2.76. The lowest BCUT2D eigenvalue weighted by Gasteiger charge is -2.11. The molecule has 0 aliphatic heterocycles. The van der Waals surface area contributed by atoms with Crippen LogP contribution < -0.4 is 24.4 Å². The number of ether oxygens (including phenoxy) is 4. The zero-order chi connectivity index (χ0) is 21.1. The first kappa shape index (κ1) is 22.1. The Morgan fingerprint density at radius 1 is 0.966 bits per heavy atom. The van der Waals surface area contributed by atoms with Crippen molar-refractivity contribution in [1.82, 2.24) is 5.43 Å². The Morgan fingerprint density at radius 3 is 2.45 bits per heavy atom. The molecule has 0 saturated carbocycles. The van der Waals surface area contributed by atoms with Crippen LogP contribution in [0.5, 0.6) is 23.0 Å². The number of carbonyl (C=O) groups excluding carboxylic acids is 1. The highest BCUT2D eigenvalue weighted by Crippen LogP contribution is 2.28. The molecule has 7 nitrogen and oxygen atoms in total. The molecule has 1 N–H and O–H groups in total. The number of rotatable bonds is 11. The number of hydrogen-bond acceptors (Lipinski definition) is 6. The molecule has 0 aromatic heterocycles. The Kier molecular flexibility index (Phi) is 8.82. The summed E-state index contributed by atoms with van der Waals surface area (Å²) in [4.78, 5) is 12.4. The summed E-state index contributed by atoms with van der Waals surface area (Å²) in [6.45, 7) is 2.80. The molecule has 0 aliphatic rings. The van der Waals surface area contributed by atoms with Crippen molar-refractivity contribution in [2.75, 3.05) is 27.9 Å². The van der Waals surface area contributed by atoms with Crippen LogP contribution in [-0.2, 0) is 0 Å². The summed E-state index contributed by atoms with van der Waals surface area (Å²) in [7, 11) is 4.63. The van der Waals surface area contributed by atoms with E-state index in [2.05, 4.69) is 17.5 Å². The van der Waals surface area contributed by atoms with E-state index in [-0.39, 0.29) is 5.91 Å². The highest BCUT2D eigenvalue weighted by Gasteiger charge is 2.12. The maximum Gasteiger partial charge on any atom is 0.275 e. The van der Waals surface area contributed by atoms with Crippen molar-refractivity contribution in [2.24, 2.45) is 5.10 Å². The summed E-state index contributed by atoms with van der Waals surface area (Å²) in [6.07, 6.45) is 4.82. The monoisotopic (exact) mass is 400 g/mol. The van der Waals surface area contributed by atoms with Gasteiger partial charge in [0, 0.05) is 6.07 Å². The Labute approximate surface area is 171 Å². The predicted octanol–water partition coefficient (Wildman–Crippen LogP) is 4.05. The summed E-state index contributed by atoms with van der Waals surface area (Å²) in [5.41, 5.74) is 3.63. The van der Waals surface area contributed by atoms with Crippen LogP contribution in [0.25, 0.3) is 0 Å². The molecule has 156 valence electrons. The summed E-state index contributed by atoms with van der Waals surface area (Å²) in [6, 6.07) is 10.4. The van der Waals surface area contributed by atoms with Crippen molar-refractivity contribution in [3.8, 4) is 23.0 Å². The van der Waals surface area contributed by atoms with Gasteiger partial charge in [-0.15, -0.1) is 0 Å². The maximum absolute atomic E-state index is 12.4. The van der Waals surface area contributed by atoms with Crippen molar-refractivity contribution in [3.63, 3.8) is 0 Å². The van der Waals surface area contributed by atoms with Crippen LogP contribution in [0.15, 0.2) is 41.5 Å². The average molecular weight is 400 g/mol. The Hall–Kier alpha value is -3.22. The normalized spacial score (nSPS) is 10.6. The molecule has 0 unspecified atom stereocenters. The molecular weight excluding hydrogens is 372 g/mol. The molecule has 29 heavy (non-hydrogen) atoms. The third-order valence-corrected chi connectivity index (χ3v) is 4.23. The fourth-order valence-corrected chi connectivity index (χ4v) is 2.63. The Bertz CT molecular complexity index is 836. The first-order chi connectivity index (χ1) is 14.1. The van der Waals surface area contributed by atoms with Gasteiger partial charge in [-0.1, -0.05) is 19.8 Å². The van der Waals surface area contributed by atoms with E-state index in [1.54, 1.807) is 38.5 Å². The van der Waals surface area contributed by atoms with E-state index in [1.807, 2.05) is 12.1 Å². The van der Waals surface area contributed by atoms with Gasteiger partial charge in [-0.05, 0) is 42.3 Å². The minimum absolute atomic E-state index is 0.360. The van der Waals surface area contributed by atoms with Crippen LogP contribution in [0.3, 0.4) is 0 Å². The highest BCUT2D eigenvalue weighted by molar-refractivity contribution is 5.97. The van der Waals surface area contributed by atoms with Gasteiger partial charge in [0.05, 0.1) is 39.7 Å². The number of nitrogens with one attached hydrogen (secondary N) is 1. The van der Waals surface area contributed by atoms with Crippen molar-refractivity contribution in [2.45, 2.75) is 26.2 Å². The van der Waals surface area contributed by atoms with Gasteiger partial charge in [-0.3, -0.25) is 4.79 Å². The third-order valence-electron chi connectivity index (χ3n) is 4.23. The molecule has 0 radical (unpaired) electrons. The van der Waals surface area contributed by atoms with Gasteiger partial charge >= 0.3 is 0 Å². The minimum atomic E-state index is -0.386. The number of amides is 1. The van der Waals surface area contributed by atoms with Crippen molar-refractivity contribution < 1.29 is 23.7 Å². The lowest BCUT2D eigenvalue weighted by molar-refractivity contribution is 0.0952. The molecule has 7 heteroatoms. The second-order valence-corrected chi connectivity index (χ2v) is 6.23. The third kappa shape index (κ3) is 6.41. The first-order valence-corrected chi connectivity index (χ1v) is 9.49. The molecule has 0 aliphatic carbocycles. The van der Waals surface area contributed by atoms with Gasteiger partial charge < -0.3 is 18.9 Å². The predicted molar refractivity (Wildman–Crippen MR) is 113 cm³/mol. The van der Waals surface area contributed by atoms with Crippen LogP contribution in [0, 0.1) is 0 Å². The molecule has 0 atom stereocenters. The number of nitrogens with zero attached hydrogens (tertiary/aromatic N) is 1. The standard InChI is InChI=1S/C22H28N2O5/c1-5-6-7-12-29-19-11-8-16(13-21(19)28-4)15-23-24-22(25)18-10-9-17(26-2)14-20(18)27-3/h8-11,13-15H,5-7,12H2,1-4H3,(H,24,25)/b23-15-. The molecule has 0 fully saturated rings. The lowest BCUT2D eigenvalue weighted by atomic mass is 10.2. The van der Waals surface area contributed by atoms with Crippen LogP contribution >= 0.6 is 0 Å². The van der Waals surface area contributed by atoms with Crippen molar-refractivity contribution in [3.05, 3.63) is 47.5 Å². The fraction of sp³-hybridized carbons (Fsp3) is 0.364. The van der Waals surface area contributed by atoms with Crippen LogP contribution in [0.4, 0.5) is 0 Å². The van der Waals surface area contributed by atoms with Crippen LogP contribution in [0.2, 0.25) is 0 Å². The molecule has 0 heterocycles. The van der Waals surface area contributed by atoms with Crippen molar-refractivity contribution >= 4 is 12.1 Å². The number of methoxy groups -OCH3 is 3. The van der Waals surface area contributed by atoms with Crippen molar-refractivity contribution in [1.29, 1.82) is 0 Å². The SMILES string of the molecule is CCCCCOc1ccc(/C=N\NC(=O)c2ccc(OC)cc2OC)cc1OC. The smallest absolute Gasteiger partial charge is 0.275 e. The number of benzene rings is 2. The number of hydrogen-bond donors (Lipinski definition) is 1. The topological polar surface area (TPSA) is 78.4 Å². The number of hydrazone groups is 1. The molecule has 1 amide bonds. The van der Waals surface area contributed by atoms with E-state index in [9.17, 15) is 4.79 Å². The van der Waals surface area contributed by atoms with Gasteiger partial charge in [0.1, 0.15) is 11.5 Å².